The number of hydrogen-bond acceptors (Lipinski definition) is 2. The van der Waals surface area contributed by atoms with E-state index in [1.165, 1.54) is 31.2 Å². The van der Waals surface area contributed by atoms with Crippen molar-refractivity contribution in [2.45, 2.75) is 58.0 Å². The summed E-state index contributed by atoms with van der Waals surface area (Å²) in [5.41, 5.74) is 7.38. The molecule has 1 saturated carbocycles. The van der Waals surface area contributed by atoms with E-state index in [-0.39, 0.29) is 0 Å². The molecule has 1 aromatic rings. The molecule has 1 aliphatic rings. The highest BCUT2D eigenvalue weighted by Crippen LogP contribution is 2.35. The van der Waals surface area contributed by atoms with Gasteiger partial charge in [0.1, 0.15) is 0 Å². The Morgan fingerprint density at radius 3 is 2.67 bits per heavy atom. The fourth-order valence-electron chi connectivity index (χ4n) is 3.96. The zero-order chi connectivity index (χ0) is 15.2. The number of rotatable bonds is 6. The Hall–Kier alpha value is -0.570. The smallest absolute Gasteiger partial charge is 0.0409 e. The first-order chi connectivity index (χ1) is 10.2. The lowest BCUT2D eigenvalue weighted by Crippen LogP contribution is -2.46. The molecule has 21 heavy (non-hydrogen) atoms. The van der Waals surface area contributed by atoms with Crippen LogP contribution in [0.25, 0.3) is 0 Å². The summed E-state index contributed by atoms with van der Waals surface area (Å²) < 4.78 is 0. The van der Waals surface area contributed by atoms with Crippen molar-refractivity contribution in [1.82, 2.24) is 4.90 Å². The molecular formula is C18H29ClN2. The molecule has 0 radical (unpaired) electrons. The van der Waals surface area contributed by atoms with Gasteiger partial charge < -0.3 is 5.73 Å². The van der Waals surface area contributed by atoms with Gasteiger partial charge in [-0.05, 0) is 56.0 Å². The second kappa shape index (κ2) is 8.17. The number of hydrogen-bond donors (Lipinski definition) is 1. The zero-order valence-corrected chi connectivity index (χ0v) is 14.1. The predicted octanol–water partition coefficient (Wildman–Crippen LogP) is 4.63. The van der Waals surface area contributed by atoms with Crippen LogP contribution >= 0.6 is 11.6 Å². The predicted molar refractivity (Wildman–Crippen MR) is 91.7 cm³/mol. The first-order valence-electron chi connectivity index (χ1n) is 8.42. The molecule has 2 rings (SSSR count). The van der Waals surface area contributed by atoms with Crippen molar-refractivity contribution in [3.8, 4) is 0 Å². The van der Waals surface area contributed by atoms with Gasteiger partial charge in [0.15, 0.2) is 0 Å². The maximum atomic E-state index is 6.20. The van der Waals surface area contributed by atoms with E-state index in [1.807, 2.05) is 6.07 Å². The number of nitrogens with two attached hydrogens (primary N) is 1. The van der Waals surface area contributed by atoms with E-state index in [0.29, 0.717) is 18.0 Å². The molecule has 3 heteroatoms. The maximum Gasteiger partial charge on any atom is 0.0409 e. The van der Waals surface area contributed by atoms with Gasteiger partial charge in [-0.25, -0.2) is 0 Å². The molecular weight excluding hydrogens is 280 g/mol. The second-order valence-corrected chi connectivity index (χ2v) is 6.59. The largest absolute Gasteiger partial charge is 0.330 e. The molecule has 1 fully saturated rings. The van der Waals surface area contributed by atoms with E-state index in [4.69, 9.17) is 17.3 Å². The number of nitrogens with zero attached hydrogens (tertiary/aromatic N) is 1. The minimum atomic E-state index is 0.450. The molecule has 0 bridgehead atoms. The van der Waals surface area contributed by atoms with Gasteiger partial charge in [-0.2, -0.15) is 0 Å². The molecule has 0 saturated heterocycles. The normalized spacial score (nSPS) is 24.2. The number of benzene rings is 1. The van der Waals surface area contributed by atoms with E-state index in [9.17, 15) is 0 Å². The van der Waals surface area contributed by atoms with Gasteiger partial charge in [-0.1, -0.05) is 50.4 Å². The monoisotopic (exact) mass is 308 g/mol. The van der Waals surface area contributed by atoms with E-state index >= 15 is 0 Å². The summed E-state index contributed by atoms with van der Waals surface area (Å²) in [6, 6.07) is 9.43. The molecule has 1 aromatic carbocycles. The molecule has 1 aliphatic carbocycles. The highest BCUT2D eigenvalue weighted by Gasteiger charge is 2.32. The topological polar surface area (TPSA) is 29.3 Å². The first-order valence-corrected chi connectivity index (χ1v) is 8.80. The molecule has 0 aromatic heterocycles. The minimum absolute atomic E-state index is 0.450. The van der Waals surface area contributed by atoms with Crippen molar-refractivity contribution in [2.75, 3.05) is 13.1 Å². The number of halogens is 1. The lowest BCUT2D eigenvalue weighted by Gasteiger charge is -2.43. The van der Waals surface area contributed by atoms with E-state index in [1.54, 1.807) is 0 Å². The molecule has 2 nitrogen and oxygen atoms in total. The van der Waals surface area contributed by atoms with E-state index in [0.717, 1.165) is 24.5 Å². The first kappa shape index (κ1) is 16.8. The van der Waals surface area contributed by atoms with Crippen molar-refractivity contribution >= 4 is 11.6 Å². The molecule has 0 heterocycles. The summed E-state index contributed by atoms with van der Waals surface area (Å²) in [6.07, 6.45) is 6.35. The van der Waals surface area contributed by atoms with Crippen LogP contribution in [0.4, 0.5) is 0 Å². The highest BCUT2D eigenvalue weighted by atomic mass is 35.5. The van der Waals surface area contributed by atoms with Gasteiger partial charge in [0.2, 0.25) is 0 Å². The molecule has 0 spiro atoms. The van der Waals surface area contributed by atoms with Crippen LogP contribution in [0.15, 0.2) is 24.3 Å². The maximum absolute atomic E-state index is 6.20. The molecule has 0 aliphatic heterocycles. The average molecular weight is 309 g/mol. The van der Waals surface area contributed by atoms with Gasteiger partial charge in [0, 0.05) is 17.1 Å². The zero-order valence-electron chi connectivity index (χ0n) is 13.4. The van der Waals surface area contributed by atoms with E-state index in [2.05, 4.69) is 36.9 Å². The Kier molecular flexibility index (Phi) is 6.53. The Labute approximate surface area is 134 Å². The molecule has 2 N–H and O–H groups in total. The fraction of sp³-hybridized carbons (Fsp3) is 0.667. The average Bonchev–Trinajstić information content (AvgIpc) is 2.52. The highest BCUT2D eigenvalue weighted by molar-refractivity contribution is 6.30. The summed E-state index contributed by atoms with van der Waals surface area (Å²) in [7, 11) is 0. The third-order valence-electron chi connectivity index (χ3n) is 4.98. The molecule has 0 amide bonds. The SMILES string of the molecule is CCC(c1cccc(Cl)c1)N(CC)C1CCCCC1CN. The van der Waals surface area contributed by atoms with Gasteiger partial charge in [-0.15, -0.1) is 0 Å². The van der Waals surface area contributed by atoms with Crippen LogP contribution in [0.5, 0.6) is 0 Å². The minimum Gasteiger partial charge on any atom is -0.330 e. The Morgan fingerprint density at radius 1 is 1.29 bits per heavy atom. The molecule has 3 atom stereocenters. The Morgan fingerprint density at radius 2 is 2.05 bits per heavy atom. The molecule has 118 valence electrons. The van der Waals surface area contributed by atoms with Crippen LogP contribution in [0.2, 0.25) is 5.02 Å². The third kappa shape index (κ3) is 4.00. The molecule has 3 unspecified atom stereocenters. The van der Waals surface area contributed by atoms with Crippen molar-refractivity contribution < 1.29 is 0 Å². The Bertz CT molecular complexity index is 435. The van der Waals surface area contributed by atoms with Crippen LogP contribution in [-0.2, 0) is 0 Å². The van der Waals surface area contributed by atoms with Gasteiger partial charge in [0.05, 0.1) is 0 Å². The Balaban J connectivity index is 2.24. The summed E-state index contributed by atoms with van der Waals surface area (Å²) in [4.78, 5) is 2.67. The van der Waals surface area contributed by atoms with Crippen LogP contribution < -0.4 is 5.73 Å². The van der Waals surface area contributed by atoms with Crippen molar-refractivity contribution in [1.29, 1.82) is 0 Å². The summed E-state index contributed by atoms with van der Waals surface area (Å²) in [6.45, 7) is 6.43. The van der Waals surface area contributed by atoms with Gasteiger partial charge in [-0.3, -0.25) is 4.90 Å². The fourth-order valence-corrected chi connectivity index (χ4v) is 4.16. The van der Waals surface area contributed by atoms with Crippen LogP contribution in [0, 0.1) is 5.92 Å². The van der Waals surface area contributed by atoms with E-state index < -0.39 is 0 Å². The summed E-state index contributed by atoms with van der Waals surface area (Å²) >= 11 is 6.20. The van der Waals surface area contributed by atoms with Crippen molar-refractivity contribution in [3.63, 3.8) is 0 Å². The van der Waals surface area contributed by atoms with Crippen LogP contribution in [0.3, 0.4) is 0 Å². The third-order valence-corrected chi connectivity index (χ3v) is 5.22. The second-order valence-electron chi connectivity index (χ2n) is 6.16. The van der Waals surface area contributed by atoms with Crippen molar-refractivity contribution in [3.05, 3.63) is 34.9 Å². The van der Waals surface area contributed by atoms with Crippen molar-refractivity contribution in [2.24, 2.45) is 11.7 Å². The van der Waals surface area contributed by atoms with Gasteiger partial charge in [0.25, 0.3) is 0 Å². The lowest BCUT2D eigenvalue weighted by atomic mass is 9.82. The quantitative estimate of drug-likeness (QED) is 0.830. The van der Waals surface area contributed by atoms with Crippen LogP contribution in [0.1, 0.15) is 57.6 Å². The van der Waals surface area contributed by atoms with Gasteiger partial charge >= 0.3 is 0 Å². The summed E-state index contributed by atoms with van der Waals surface area (Å²) in [5, 5.41) is 0.834. The summed E-state index contributed by atoms with van der Waals surface area (Å²) in [5.74, 6) is 0.645. The standard InChI is InChI=1S/C18H29ClN2/c1-3-17(14-9-7-10-16(19)12-14)21(4-2)18-11-6-5-8-15(18)13-20/h7,9-10,12,15,17-18H,3-6,8,11,13,20H2,1-2H3. The van der Waals surface area contributed by atoms with Crippen LogP contribution in [-0.4, -0.2) is 24.0 Å². The lowest BCUT2D eigenvalue weighted by molar-refractivity contribution is 0.0678.